The minimum Gasteiger partial charge on any atom is -0.357 e. The van der Waals surface area contributed by atoms with Crippen molar-refractivity contribution in [2.24, 2.45) is 10.9 Å². The highest BCUT2D eigenvalue weighted by atomic mass is 32.2. The van der Waals surface area contributed by atoms with Crippen LogP contribution in [-0.2, 0) is 10.0 Å². The molecule has 1 aliphatic rings. The number of nitrogens with zero attached hydrogens (tertiary/aromatic N) is 1. The van der Waals surface area contributed by atoms with Gasteiger partial charge in [0.15, 0.2) is 5.96 Å². The van der Waals surface area contributed by atoms with Crippen LogP contribution in [0.4, 0.5) is 0 Å². The summed E-state index contributed by atoms with van der Waals surface area (Å²) >= 11 is 0. The Morgan fingerprint density at radius 1 is 1.22 bits per heavy atom. The maximum atomic E-state index is 11.2. The molecule has 1 fully saturated rings. The van der Waals surface area contributed by atoms with Crippen LogP contribution in [-0.4, -0.2) is 46.3 Å². The number of guanidine groups is 1. The Bertz CT molecular complexity index is 363. The third-order valence-electron chi connectivity index (χ3n) is 2.67. The lowest BCUT2D eigenvalue weighted by atomic mass is 10.4. The van der Waals surface area contributed by atoms with E-state index in [1.807, 2.05) is 6.92 Å². The normalized spacial score (nSPS) is 16.7. The molecule has 6 nitrogen and oxygen atoms in total. The molecule has 3 N–H and O–H groups in total. The first kappa shape index (κ1) is 15.2. The highest BCUT2D eigenvalue weighted by Crippen LogP contribution is 2.28. The molecule has 1 rings (SSSR count). The Morgan fingerprint density at radius 3 is 2.50 bits per heavy atom. The van der Waals surface area contributed by atoms with Gasteiger partial charge in [0, 0.05) is 26.2 Å². The summed E-state index contributed by atoms with van der Waals surface area (Å²) in [4.78, 5) is 4.45. The molecule has 0 unspecified atom stereocenters. The third kappa shape index (κ3) is 6.80. The van der Waals surface area contributed by atoms with Gasteiger partial charge in [0.1, 0.15) is 0 Å². The molecule has 0 aromatic rings. The van der Waals surface area contributed by atoms with E-state index in [4.69, 9.17) is 0 Å². The average Bonchev–Trinajstić information content (AvgIpc) is 3.15. The molecule has 0 saturated heterocycles. The van der Waals surface area contributed by atoms with Crippen molar-refractivity contribution in [2.45, 2.75) is 26.7 Å². The molecule has 0 amide bonds. The lowest BCUT2D eigenvalue weighted by molar-refractivity contribution is 0.582. The predicted octanol–water partition coefficient (Wildman–Crippen LogP) is -0.109. The molecule has 0 heterocycles. The van der Waals surface area contributed by atoms with E-state index in [2.05, 4.69) is 20.3 Å². The number of sulfonamides is 1. The number of hydrogen-bond acceptors (Lipinski definition) is 3. The molecule has 0 aliphatic heterocycles. The van der Waals surface area contributed by atoms with Crippen molar-refractivity contribution in [1.29, 1.82) is 0 Å². The molecule has 0 radical (unpaired) electrons. The van der Waals surface area contributed by atoms with E-state index in [0.717, 1.165) is 25.0 Å². The van der Waals surface area contributed by atoms with Crippen molar-refractivity contribution >= 4 is 16.0 Å². The molecule has 106 valence electrons. The van der Waals surface area contributed by atoms with Crippen LogP contribution in [0.5, 0.6) is 0 Å². The first-order valence-corrected chi connectivity index (χ1v) is 8.22. The molecule has 18 heavy (non-hydrogen) atoms. The van der Waals surface area contributed by atoms with E-state index in [0.29, 0.717) is 13.1 Å². The summed E-state index contributed by atoms with van der Waals surface area (Å²) in [5.74, 6) is 1.63. The zero-order valence-corrected chi connectivity index (χ0v) is 12.0. The van der Waals surface area contributed by atoms with E-state index in [1.54, 1.807) is 6.92 Å². The monoisotopic (exact) mass is 276 g/mol. The topological polar surface area (TPSA) is 82.6 Å². The van der Waals surface area contributed by atoms with E-state index in [1.165, 1.54) is 12.8 Å². The van der Waals surface area contributed by atoms with Crippen LogP contribution in [0.1, 0.15) is 26.7 Å². The van der Waals surface area contributed by atoms with Crippen molar-refractivity contribution < 1.29 is 8.42 Å². The zero-order chi connectivity index (χ0) is 13.4. The van der Waals surface area contributed by atoms with E-state index in [9.17, 15) is 8.42 Å². The summed E-state index contributed by atoms with van der Waals surface area (Å²) in [6.45, 7) is 6.21. The fraction of sp³-hybridized carbons (Fsp3) is 0.909. The van der Waals surface area contributed by atoms with Gasteiger partial charge in [0.25, 0.3) is 0 Å². The van der Waals surface area contributed by atoms with Gasteiger partial charge in [-0.15, -0.1) is 0 Å². The highest BCUT2D eigenvalue weighted by molar-refractivity contribution is 7.89. The summed E-state index contributed by atoms with van der Waals surface area (Å²) in [6, 6.07) is 0. The van der Waals surface area contributed by atoms with Crippen LogP contribution in [0.15, 0.2) is 4.99 Å². The van der Waals surface area contributed by atoms with Crippen LogP contribution < -0.4 is 15.4 Å². The Labute approximate surface area is 110 Å². The van der Waals surface area contributed by atoms with Gasteiger partial charge in [0.05, 0.1) is 5.75 Å². The maximum Gasteiger partial charge on any atom is 0.211 e. The number of rotatable bonds is 8. The lowest BCUT2D eigenvalue weighted by Crippen LogP contribution is -2.41. The quantitative estimate of drug-likeness (QED) is 0.328. The molecule has 0 bridgehead atoms. The molecular weight excluding hydrogens is 252 g/mol. The fourth-order valence-electron chi connectivity index (χ4n) is 1.35. The first-order chi connectivity index (χ1) is 8.57. The van der Waals surface area contributed by atoms with Crippen molar-refractivity contribution in [1.82, 2.24) is 15.4 Å². The van der Waals surface area contributed by atoms with Crippen LogP contribution in [0.2, 0.25) is 0 Å². The Hall–Kier alpha value is -0.820. The number of hydrogen-bond donors (Lipinski definition) is 3. The molecule has 0 aromatic carbocycles. The smallest absolute Gasteiger partial charge is 0.211 e. The van der Waals surface area contributed by atoms with Gasteiger partial charge < -0.3 is 10.6 Å². The third-order valence-corrected chi connectivity index (χ3v) is 4.07. The van der Waals surface area contributed by atoms with E-state index < -0.39 is 10.0 Å². The van der Waals surface area contributed by atoms with Crippen LogP contribution in [0.3, 0.4) is 0 Å². The summed E-state index contributed by atoms with van der Waals surface area (Å²) in [7, 11) is -3.10. The number of nitrogens with one attached hydrogen (secondary N) is 3. The highest BCUT2D eigenvalue weighted by Gasteiger charge is 2.20. The zero-order valence-electron chi connectivity index (χ0n) is 11.2. The second-order valence-corrected chi connectivity index (χ2v) is 6.48. The van der Waals surface area contributed by atoms with E-state index >= 15 is 0 Å². The molecular formula is C11H24N4O2S. The largest absolute Gasteiger partial charge is 0.357 e. The Kier molecular flexibility index (Phi) is 6.42. The Balaban J connectivity index is 2.22. The van der Waals surface area contributed by atoms with Crippen molar-refractivity contribution in [3.8, 4) is 0 Å². The molecule has 0 atom stereocenters. The van der Waals surface area contributed by atoms with Crippen LogP contribution in [0, 0.1) is 5.92 Å². The molecule has 1 aliphatic carbocycles. The summed E-state index contributed by atoms with van der Waals surface area (Å²) in [5, 5.41) is 6.25. The molecule has 1 saturated carbocycles. The summed E-state index contributed by atoms with van der Waals surface area (Å²) in [5.41, 5.74) is 0. The van der Waals surface area contributed by atoms with E-state index in [-0.39, 0.29) is 5.75 Å². The molecule has 7 heteroatoms. The van der Waals surface area contributed by atoms with Crippen molar-refractivity contribution in [3.63, 3.8) is 0 Å². The minimum absolute atomic E-state index is 0.114. The minimum atomic E-state index is -3.10. The van der Waals surface area contributed by atoms with Crippen LogP contribution >= 0.6 is 0 Å². The van der Waals surface area contributed by atoms with Gasteiger partial charge in [-0.2, -0.15) is 0 Å². The maximum absolute atomic E-state index is 11.2. The van der Waals surface area contributed by atoms with Gasteiger partial charge in [-0.1, -0.05) is 0 Å². The second-order valence-electron chi connectivity index (χ2n) is 4.39. The van der Waals surface area contributed by atoms with Gasteiger partial charge in [-0.25, -0.2) is 13.1 Å². The van der Waals surface area contributed by atoms with Crippen molar-refractivity contribution in [2.75, 3.05) is 31.9 Å². The number of aliphatic imine (C=N–C) groups is 1. The fourth-order valence-corrected chi connectivity index (χ4v) is 1.97. The summed E-state index contributed by atoms with van der Waals surface area (Å²) < 4.78 is 24.9. The molecule has 0 spiro atoms. The predicted molar refractivity (Wildman–Crippen MR) is 74.2 cm³/mol. The summed E-state index contributed by atoms with van der Waals surface area (Å²) in [6.07, 6.45) is 2.55. The standard InChI is InChI=1S/C11H24N4O2S/c1-3-12-11(14-9-10-5-6-10)13-7-8-15-18(16,17)4-2/h10,15H,3-9H2,1-2H3,(H2,12,13,14). The second kappa shape index (κ2) is 7.58. The van der Waals surface area contributed by atoms with Gasteiger partial charge in [-0.3, -0.25) is 4.99 Å². The van der Waals surface area contributed by atoms with Gasteiger partial charge in [0.2, 0.25) is 10.0 Å². The van der Waals surface area contributed by atoms with Crippen molar-refractivity contribution in [3.05, 3.63) is 0 Å². The average molecular weight is 276 g/mol. The van der Waals surface area contributed by atoms with Gasteiger partial charge >= 0.3 is 0 Å². The van der Waals surface area contributed by atoms with Crippen LogP contribution in [0.25, 0.3) is 0 Å². The SMILES string of the molecule is CCNC(=NCC1CC1)NCCNS(=O)(=O)CC. The molecule has 0 aromatic heterocycles. The Morgan fingerprint density at radius 2 is 1.94 bits per heavy atom. The van der Waals surface area contributed by atoms with Gasteiger partial charge in [-0.05, 0) is 32.6 Å². The first-order valence-electron chi connectivity index (χ1n) is 6.57. The lowest BCUT2D eigenvalue weighted by Gasteiger charge is -2.11.